The molecule has 1 heterocycles. The van der Waals surface area contributed by atoms with Crippen molar-refractivity contribution in [1.82, 2.24) is 9.80 Å². The van der Waals surface area contributed by atoms with Crippen molar-refractivity contribution in [3.63, 3.8) is 0 Å². The maximum atomic E-state index is 14.4. The van der Waals surface area contributed by atoms with Crippen molar-refractivity contribution >= 4 is 12.0 Å². The monoisotopic (exact) mass is 491 g/mol. The lowest BCUT2D eigenvalue weighted by molar-refractivity contribution is -0.136. The van der Waals surface area contributed by atoms with Crippen molar-refractivity contribution in [2.45, 2.75) is 58.8 Å². The molecule has 0 spiro atoms. The van der Waals surface area contributed by atoms with Crippen LogP contribution < -0.4 is 5.73 Å². The Balaban J connectivity index is 1.75. The zero-order chi connectivity index (χ0) is 25.8. The van der Waals surface area contributed by atoms with Gasteiger partial charge in [0.15, 0.2) is 11.6 Å². The molecule has 0 saturated carbocycles. The van der Waals surface area contributed by atoms with Crippen LogP contribution in [0.3, 0.4) is 0 Å². The zero-order valence-corrected chi connectivity index (χ0v) is 20.3. The maximum Gasteiger partial charge on any atom is 0.410 e. The van der Waals surface area contributed by atoms with Gasteiger partial charge in [0.2, 0.25) is 5.91 Å². The van der Waals surface area contributed by atoms with E-state index >= 15 is 0 Å². The summed E-state index contributed by atoms with van der Waals surface area (Å²) in [6.07, 6.45) is 0.122. The fraction of sp³-hybridized carbons (Fsp3) is 0.462. The number of nitrogens with zero attached hydrogens (tertiary/aromatic N) is 2. The van der Waals surface area contributed by atoms with Gasteiger partial charge < -0.3 is 20.3 Å². The predicted octanol–water partition coefficient (Wildman–Crippen LogP) is 4.61. The van der Waals surface area contributed by atoms with Crippen molar-refractivity contribution in [3.05, 3.63) is 71.0 Å². The van der Waals surface area contributed by atoms with Gasteiger partial charge in [-0.2, -0.15) is 0 Å². The Morgan fingerprint density at radius 1 is 1.06 bits per heavy atom. The molecule has 2 aromatic rings. The van der Waals surface area contributed by atoms with Gasteiger partial charge in [0, 0.05) is 30.8 Å². The molecule has 1 aliphatic rings. The molecule has 0 aromatic heterocycles. The quantitative estimate of drug-likeness (QED) is 0.599. The lowest BCUT2D eigenvalue weighted by atomic mass is 9.86. The molecule has 35 heavy (non-hydrogen) atoms. The third-order valence-corrected chi connectivity index (χ3v) is 6.29. The summed E-state index contributed by atoms with van der Waals surface area (Å²) in [6, 6.07) is 9.23. The van der Waals surface area contributed by atoms with Crippen LogP contribution in [-0.2, 0) is 22.7 Å². The summed E-state index contributed by atoms with van der Waals surface area (Å²) in [4.78, 5) is 28.8. The number of rotatable bonds is 6. The second kappa shape index (κ2) is 11.1. The summed E-state index contributed by atoms with van der Waals surface area (Å²) in [5.74, 6) is -3.61. The standard InChI is InChI=1S/C26H32F3N3O3/c1-26(2,3)23(30)24(33)31-11-9-19(10-12-31)32(15-18-13-21(28)22(29)14-20(18)27)25(34)35-16-17-7-5-4-6-8-17/h4-8,13-14,19,23H,9-12,15-16,30H2,1-3H3. The molecule has 2 amide bonds. The highest BCUT2D eigenvalue weighted by Gasteiger charge is 2.35. The molecule has 0 aliphatic carbocycles. The second-order valence-electron chi connectivity index (χ2n) is 9.93. The number of hydrogen-bond donors (Lipinski definition) is 1. The zero-order valence-electron chi connectivity index (χ0n) is 20.3. The van der Waals surface area contributed by atoms with Gasteiger partial charge in [-0.1, -0.05) is 51.1 Å². The lowest BCUT2D eigenvalue weighted by Crippen LogP contribution is -2.55. The minimum Gasteiger partial charge on any atom is -0.445 e. The first-order valence-electron chi connectivity index (χ1n) is 11.6. The molecule has 1 saturated heterocycles. The van der Waals surface area contributed by atoms with E-state index in [1.807, 2.05) is 39.0 Å². The Morgan fingerprint density at radius 2 is 1.66 bits per heavy atom. The number of carbonyl (C=O) groups is 2. The van der Waals surface area contributed by atoms with Crippen molar-refractivity contribution in [1.29, 1.82) is 0 Å². The maximum absolute atomic E-state index is 14.4. The van der Waals surface area contributed by atoms with E-state index in [-0.39, 0.29) is 30.7 Å². The van der Waals surface area contributed by atoms with E-state index in [0.717, 1.165) is 11.6 Å². The molecular formula is C26H32F3N3O3. The average Bonchev–Trinajstić information content (AvgIpc) is 2.83. The van der Waals surface area contributed by atoms with Gasteiger partial charge in [-0.05, 0) is 29.9 Å². The molecule has 0 bridgehead atoms. The Labute approximate surface area is 203 Å². The van der Waals surface area contributed by atoms with E-state index in [1.54, 1.807) is 17.0 Å². The van der Waals surface area contributed by atoms with Crippen LogP contribution in [0.25, 0.3) is 0 Å². The van der Waals surface area contributed by atoms with Crippen LogP contribution in [-0.4, -0.2) is 47.0 Å². The number of nitrogens with two attached hydrogens (primary N) is 1. The van der Waals surface area contributed by atoms with Crippen LogP contribution >= 0.6 is 0 Å². The van der Waals surface area contributed by atoms with Gasteiger partial charge in [0.25, 0.3) is 0 Å². The van der Waals surface area contributed by atoms with E-state index in [1.165, 1.54) is 4.90 Å². The molecular weight excluding hydrogens is 459 g/mol. The molecule has 2 aromatic carbocycles. The van der Waals surface area contributed by atoms with Crippen molar-refractivity contribution in [2.24, 2.45) is 11.1 Å². The van der Waals surface area contributed by atoms with Crippen LogP contribution in [0, 0.1) is 22.9 Å². The van der Waals surface area contributed by atoms with Gasteiger partial charge in [-0.3, -0.25) is 4.79 Å². The van der Waals surface area contributed by atoms with E-state index in [4.69, 9.17) is 10.5 Å². The SMILES string of the molecule is CC(C)(C)C(N)C(=O)N1CCC(N(Cc2cc(F)c(F)cc2F)C(=O)OCc2ccccc2)CC1. The van der Waals surface area contributed by atoms with Crippen LogP contribution in [0.5, 0.6) is 0 Å². The van der Waals surface area contributed by atoms with Gasteiger partial charge in [-0.15, -0.1) is 0 Å². The minimum absolute atomic E-state index is 0.00814. The first-order valence-corrected chi connectivity index (χ1v) is 11.6. The largest absolute Gasteiger partial charge is 0.445 e. The van der Waals surface area contributed by atoms with E-state index in [2.05, 4.69) is 0 Å². The van der Waals surface area contributed by atoms with E-state index in [0.29, 0.717) is 32.0 Å². The number of benzene rings is 2. The lowest BCUT2D eigenvalue weighted by Gasteiger charge is -2.40. The number of likely N-dealkylation sites (tertiary alicyclic amines) is 1. The predicted molar refractivity (Wildman–Crippen MR) is 126 cm³/mol. The third kappa shape index (κ3) is 6.75. The van der Waals surface area contributed by atoms with Crippen LogP contribution in [0.4, 0.5) is 18.0 Å². The van der Waals surface area contributed by atoms with Crippen molar-refractivity contribution in [3.8, 4) is 0 Å². The average molecular weight is 492 g/mol. The highest BCUT2D eigenvalue weighted by Crippen LogP contribution is 2.25. The summed E-state index contributed by atoms with van der Waals surface area (Å²) >= 11 is 0. The molecule has 1 fully saturated rings. The summed E-state index contributed by atoms with van der Waals surface area (Å²) in [5, 5.41) is 0. The smallest absolute Gasteiger partial charge is 0.410 e. The Morgan fingerprint density at radius 3 is 2.26 bits per heavy atom. The van der Waals surface area contributed by atoms with Crippen LogP contribution in [0.2, 0.25) is 0 Å². The highest BCUT2D eigenvalue weighted by molar-refractivity contribution is 5.82. The molecule has 1 unspecified atom stereocenters. The molecule has 9 heteroatoms. The van der Waals surface area contributed by atoms with Crippen molar-refractivity contribution < 1.29 is 27.5 Å². The first kappa shape index (κ1) is 26.5. The fourth-order valence-corrected chi connectivity index (χ4v) is 3.98. The van der Waals surface area contributed by atoms with Gasteiger partial charge in [-0.25, -0.2) is 18.0 Å². The normalized spacial score (nSPS) is 15.6. The van der Waals surface area contributed by atoms with Gasteiger partial charge in [0.05, 0.1) is 12.6 Å². The fourth-order valence-electron chi connectivity index (χ4n) is 3.98. The molecule has 1 aliphatic heterocycles. The van der Waals surface area contributed by atoms with Crippen molar-refractivity contribution in [2.75, 3.05) is 13.1 Å². The summed E-state index contributed by atoms with van der Waals surface area (Å²) in [5.41, 5.74) is 6.34. The summed E-state index contributed by atoms with van der Waals surface area (Å²) < 4.78 is 47.1. The topological polar surface area (TPSA) is 75.9 Å². The highest BCUT2D eigenvalue weighted by atomic mass is 19.2. The molecule has 2 N–H and O–H groups in total. The third-order valence-electron chi connectivity index (χ3n) is 6.29. The molecule has 0 radical (unpaired) electrons. The number of ether oxygens (including phenoxy) is 1. The Kier molecular flexibility index (Phi) is 8.43. The number of halogens is 3. The second-order valence-corrected chi connectivity index (χ2v) is 9.93. The summed E-state index contributed by atoms with van der Waals surface area (Å²) in [6.45, 7) is 6.10. The minimum atomic E-state index is -1.30. The Hall–Kier alpha value is -3.07. The number of amides is 2. The molecule has 6 nitrogen and oxygen atoms in total. The van der Waals surface area contributed by atoms with Crippen LogP contribution in [0.1, 0.15) is 44.7 Å². The van der Waals surface area contributed by atoms with E-state index in [9.17, 15) is 22.8 Å². The van der Waals surface area contributed by atoms with Crippen LogP contribution in [0.15, 0.2) is 42.5 Å². The molecule has 3 rings (SSSR count). The number of hydrogen-bond acceptors (Lipinski definition) is 4. The first-order chi connectivity index (χ1) is 16.5. The summed E-state index contributed by atoms with van der Waals surface area (Å²) in [7, 11) is 0. The Bertz CT molecular complexity index is 1040. The number of piperidine rings is 1. The van der Waals surface area contributed by atoms with Gasteiger partial charge in [0.1, 0.15) is 12.4 Å². The molecule has 190 valence electrons. The van der Waals surface area contributed by atoms with E-state index < -0.39 is 35.0 Å². The van der Waals surface area contributed by atoms with Gasteiger partial charge >= 0.3 is 6.09 Å². The molecule has 1 atom stereocenters. The number of carbonyl (C=O) groups excluding carboxylic acids is 2.